The summed E-state index contributed by atoms with van der Waals surface area (Å²) in [6.07, 6.45) is 0. The molecule has 1 N–H and O–H groups in total. The number of aryl methyl sites for hydroxylation is 4. The van der Waals surface area contributed by atoms with Gasteiger partial charge in [0.1, 0.15) is 31.8 Å². The van der Waals surface area contributed by atoms with Crippen LogP contribution in [0.1, 0.15) is 47.8 Å². The standard InChI is InChI=1S/C48H40P2.C21H21NP.CH4.ClH.Ru/c1-33-13-23-39(24-14-33)49(40-25-15-34(2)16-26-40)45-31-21-37-9-5-7-11-43(37)47(45)48-44-12-8-6-10-38(44)22-32-46(48)50(41-27-17-35(3)18-28-41)42-29-19-36(4)20-30-42;1-17(22)21(18-11-5-2-6-12-18)23(19-13-7-3-8-14-19)20-15-9-4-10-16-20;;;/h5-32H,1-4H3;2-17,21-22H,1H3;1H4;1H;/q;-1;;;+3/p+2. The molecule has 0 heterocycles. The number of hydrogen-bond donors (Lipinski definition) is 0. The van der Waals surface area contributed by atoms with Gasteiger partial charge in [0.25, 0.3) is 0 Å². The zero-order valence-electron chi connectivity index (χ0n) is 43.2. The summed E-state index contributed by atoms with van der Waals surface area (Å²) in [5, 5.41) is 16.4. The van der Waals surface area contributed by atoms with E-state index < -0.39 is 23.8 Å². The number of nitrogens with one attached hydrogen (secondary N) is 1. The van der Waals surface area contributed by atoms with Crippen LogP contribution in [0.15, 0.2) is 261 Å². The second kappa shape index (κ2) is 26.9. The van der Waals surface area contributed by atoms with Crippen LogP contribution in [0.25, 0.3) is 38.4 Å². The first-order chi connectivity index (χ1) is 36.7. The van der Waals surface area contributed by atoms with E-state index in [-0.39, 0.29) is 19.1 Å². The Morgan fingerprint density at radius 3 is 0.947 bits per heavy atom. The van der Waals surface area contributed by atoms with Gasteiger partial charge in [-0.3, -0.25) is 0 Å². The summed E-state index contributed by atoms with van der Waals surface area (Å²) in [7, 11) is 0.661. The molecule has 2 atom stereocenters. The average molecular weight is 1150 g/mol. The molecule has 0 spiro atoms. The number of halogens is 1. The molecule has 11 rings (SSSR count). The second-order valence-electron chi connectivity index (χ2n) is 19.5. The van der Waals surface area contributed by atoms with Gasteiger partial charge in [-0.25, -0.2) is 0 Å². The van der Waals surface area contributed by atoms with E-state index in [9.17, 15) is 0 Å². The van der Waals surface area contributed by atoms with Gasteiger partial charge in [-0.1, -0.05) is 219 Å². The van der Waals surface area contributed by atoms with Gasteiger partial charge in [-0.2, -0.15) is 0 Å². The van der Waals surface area contributed by atoms with Gasteiger partial charge >= 0.3 is 27.0 Å². The molecule has 0 aliphatic heterocycles. The molecule has 379 valence electrons. The van der Waals surface area contributed by atoms with Crippen LogP contribution < -0.4 is 42.4 Å². The number of rotatable bonds is 12. The van der Waals surface area contributed by atoms with E-state index in [0.717, 1.165) is 0 Å². The zero-order chi connectivity index (χ0) is 52.3. The van der Waals surface area contributed by atoms with E-state index in [1.165, 1.54) is 103 Å². The summed E-state index contributed by atoms with van der Waals surface area (Å²) < 4.78 is 0. The van der Waals surface area contributed by atoms with E-state index in [1.54, 1.807) is 0 Å². The van der Waals surface area contributed by atoms with Crippen LogP contribution in [-0.4, -0.2) is 6.04 Å². The van der Waals surface area contributed by atoms with Crippen molar-refractivity contribution < 1.29 is 17.3 Å². The van der Waals surface area contributed by atoms with Crippen molar-refractivity contribution in [1.82, 2.24) is 0 Å². The molecule has 0 saturated heterocycles. The molecule has 0 aliphatic rings. The van der Waals surface area contributed by atoms with Gasteiger partial charge in [0.2, 0.25) is 0 Å². The molecular formula is C70H68ClNP3Ru+4. The van der Waals surface area contributed by atoms with Gasteiger partial charge in [0.05, 0.1) is 40.0 Å². The molecule has 0 aromatic heterocycles. The van der Waals surface area contributed by atoms with Crippen molar-refractivity contribution in [1.29, 1.82) is 0 Å². The predicted molar refractivity (Wildman–Crippen MR) is 342 cm³/mol. The van der Waals surface area contributed by atoms with Crippen molar-refractivity contribution in [3.05, 3.63) is 294 Å². The molecule has 11 aromatic rings. The molecule has 0 bridgehead atoms. The first kappa shape index (κ1) is 56.3. The Balaban J connectivity index is 0.000000247. The van der Waals surface area contributed by atoms with Crippen LogP contribution in [-0.2, 0) is 17.3 Å². The van der Waals surface area contributed by atoms with Crippen LogP contribution >= 0.6 is 33.5 Å². The minimum atomic E-state index is -1.42. The van der Waals surface area contributed by atoms with Gasteiger partial charge < -0.3 is 5.73 Å². The van der Waals surface area contributed by atoms with Crippen LogP contribution in [0.4, 0.5) is 0 Å². The van der Waals surface area contributed by atoms with E-state index in [1.807, 2.05) is 30.3 Å². The van der Waals surface area contributed by atoms with Crippen LogP contribution in [0.5, 0.6) is 0 Å². The van der Waals surface area contributed by atoms with Gasteiger partial charge in [0.15, 0.2) is 0 Å². The van der Waals surface area contributed by atoms with E-state index in [0.29, 0.717) is 0 Å². The average Bonchev–Trinajstić information content (AvgIpc) is 3.49. The van der Waals surface area contributed by atoms with Gasteiger partial charge in [-0.05, 0) is 140 Å². The molecule has 0 radical (unpaired) electrons. The fourth-order valence-electron chi connectivity index (χ4n) is 10.5. The molecule has 11 aromatic carbocycles. The Bertz CT molecular complexity index is 3270. The van der Waals surface area contributed by atoms with E-state index in [4.69, 9.17) is 5.73 Å². The fourth-order valence-corrected chi connectivity index (χ4v) is 19.1. The van der Waals surface area contributed by atoms with Crippen LogP contribution in [0, 0.1) is 27.7 Å². The maximum absolute atomic E-state index is 8.53. The Morgan fingerprint density at radius 2 is 0.632 bits per heavy atom. The summed E-state index contributed by atoms with van der Waals surface area (Å²) >= 11 is 1.82. The number of fused-ring (bicyclic) bond motifs is 2. The molecule has 2 unspecified atom stereocenters. The molecule has 76 heavy (non-hydrogen) atoms. The Kier molecular flexibility index (Phi) is 19.9. The third-order valence-corrected chi connectivity index (χ3v) is 23.1. The van der Waals surface area contributed by atoms with Crippen molar-refractivity contribution in [3.63, 3.8) is 0 Å². The predicted octanol–water partition coefficient (Wildman–Crippen LogP) is 16.2. The summed E-state index contributed by atoms with van der Waals surface area (Å²) in [5.41, 5.74) is 17.9. The van der Waals surface area contributed by atoms with Crippen molar-refractivity contribution in [2.24, 2.45) is 0 Å². The summed E-state index contributed by atoms with van der Waals surface area (Å²) in [5.74, 6) is 0. The van der Waals surface area contributed by atoms with Crippen molar-refractivity contribution in [2.75, 3.05) is 0 Å². The molecular weight excluding hydrogens is 1080 g/mol. The topological polar surface area (TPSA) is 23.8 Å². The van der Waals surface area contributed by atoms with Gasteiger partial charge in [-0.15, -0.1) is 0 Å². The fraction of sp³-hybridized carbons (Fsp3) is 0.114. The molecule has 0 amide bonds. The van der Waals surface area contributed by atoms with Crippen LogP contribution in [0.2, 0.25) is 0 Å². The third-order valence-electron chi connectivity index (χ3n) is 14.1. The monoisotopic (exact) mass is 1150 g/mol. The summed E-state index contributed by atoms with van der Waals surface area (Å²) in [4.78, 5) is 0. The molecule has 0 aliphatic carbocycles. The Labute approximate surface area is 470 Å². The Hall–Kier alpha value is -5.90. The first-order valence-electron chi connectivity index (χ1n) is 25.7. The third kappa shape index (κ3) is 12.9. The quantitative estimate of drug-likeness (QED) is 0.0860. The van der Waals surface area contributed by atoms with Crippen LogP contribution in [0.3, 0.4) is 0 Å². The normalized spacial score (nSPS) is 11.8. The molecule has 0 saturated carbocycles. The molecule has 0 fully saturated rings. The molecule has 1 nitrogen and oxygen atoms in total. The summed E-state index contributed by atoms with van der Waals surface area (Å²) in [6, 6.07) is 96.9. The van der Waals surface area contributed by atoms with Crippen molar-refractivity contribution in [2.45, 2.75) is 53.7 Å². The second-order valence-corrected chi connectivity index (χ2v) is 26.9. The Morgan fingerprint density at radius 1 is 0.342 bits per heavy atom. The summed E-state index contributed by atoms with van der Waals surface area (Å²) in [6.45, 7) is 10.8. The SMILES string of the molecule is C.CC([NH-])C(c1ccccc1)[PH+](c1ccccc1)c1ccccc1.Cc1ccc([PH+](c2ccc(C)cc2)c2ccc3ccccc3c2-c2c([PH+](c3ccc(C)cc3)c3ccc(C)cc3)ccc3ccccc23)cc1.[Cl][Ru+2]. The number of hydrogen-bond acceptors (Lipinski definition) is 0. The first-order valence-corrected chi connectivity index (χ1v) is 32.5. The van der Waals surface area contributed by atoms with Crippen molar-refractivity contribution in [3.8, 4) is 11.1 Å². The van der Waals surface area contributed by atoms with Crippen molar-refractivity contribution >= 4 is 97.4 Å². The minimum absolute atomic E-state index is 0. The maximum atomic E-state index is 8.53. The number of benzene rings is 11. The molecule has 6 heteroatoms. The zero-order valence-corrected chi connectivity index (χ0v) is 48.7. The van der Waals surface area contributed by atoms with E-state index in [2.05, 4.69) is 292 Å². The van der Waals surface area contributed by atoms with Gasteiger partial charge in [0, 0.05) is 11.1 Å². The van der Waals surface area contributed by atoms with E-state index >= 15 is 0 Å².